The number of imidazole rings is 1. The molecule has 0 radical (unpaired) electrons. The molecule has 2 nitrogen and oxygen atoms in total. The Bertz CT molecular complexity index is 450. The van der Waals surface area contributed by atoms with E-state index in [1.807, 2.05) is 24.5 Å². The van der Waals surface area contributed by atoms with Crippen molar-refractivity contribution in [2.24, 2.45) is 0 Å². The van der Waals surface area contributed by atoms with Crippen LogP contribution in [0.2, 0.25) is 5.02 Å². The third kappa shape index (κ3) is 2.80. The Morgan fingerprint density at radius 2 is 2.06 bits per heavy atom. The van der Waals surface area contributed by atoms with Gasteiger partial charge in [0.15, 0.2) is 5.16 Å². The molecule has 2 aromatic rings. The molecule has 1 aromatic heterocycles. The van der Waals surface area contributed by atoms with Gasteiger partial charge in [0, 0.05) is 29.7 Å². The summed E-state index contributed by atoms with van der Waals surface area (Å²) in [6.07, 6.45) is 3.85. The van der Waals surface area contributed by atoms with Crippen LogP contribution in [0.3, 0.4) is 0 Å². The van der Waals surface area contributed by atoms with Crippen molar-refractivity contribution in [2.75, 3.05) is 0 Å². The van der Waals surface area contributed by atoms with Crippen molar-refractivity contribution in [1.29, 1.82) is 0 Å². The number of benzene rings is 1. The molecule has 0 atom stereocenters. The molecule has 4 heteroatoms. The van der Waals surface area contributed by atoms with Gasteiger partial charge in [0.2, 0.25) is 0 Å². The minimum atomic E-state index is 0.781. The van der Waals surface area contributed by atoms with Crippen LogP contribution in [-0.4, -0.2) is 9.55 Å². The van der Waals surface area contributed by atoms with E-state index in [0.29, 0.717) is 0 Å². The van der Waals surface area contributed by atoms with Gasteiger partial charge in [-0.1, -0.05) is 35.5 Å². The highest BCUT2D eigenvalue weighted by Crippen LogP contribution is 2.22. The zero-order chi connectivity index (χ0) is 11.4. The molecule has 0 bridgehead atoms. The monoisotopic (exact) mass is 252 g/mol. The Morgan fingerprint density at radius 1 is 1.31 bits per heavy atom. The van der Waals surface area contributed by atoms with Crippen molar-refractivity contribution in [1.82, 2.24) is 9.55 Å². The van der Waals surface area contributed by atoms with Gasteiger partial charge in [-0.15, -0.1) is 0 Å². The molecule has 1 aromatic carbocycles. The van der Waals surface area contributed by atoms with Crippen molar-refractivity contribution in [2.45, 2.75) is 24.4 Å². The number of nitrogens with zero attached hydrogens (tertiary/aromatic N) is 2. The molecule has 0 fully saturated rings. The average Bonchev–Trinajstić information content (AvgIpc) is 2.76. The lowest BCUT2D eigenvalue weighted by Gasteiger charge is -2.04. The number of thioether (sulfide) groups is 1. The summed E-state index contributed by atoms with van der Waals surface area (Å²) in [6, 6.07) is 7.94. The molecular weight excluding hydrogens is 240 g/mol. The highest BCUT2D eigenvalue weighted by Gasteiger charge is 2.02. The standard InChI is InChI=1S/C12H13ClN2S/c1-2-15-8-7-14-12(15)16-9-10-3-5-11(13)6-4-10/h3-8H,2,9H2,1H3. The summed E-state index contributed by atoms with van der Waals surface area (Å²) < 4.78 is 2.14. The maximum absolute atomic E-state index is 5.84. The van der Waals surface area contributed by atoms with Gasteiger partial charge in [-0.3, -0.25) is 0 Å². The van der Waals surface area contributed by atoms with Gasteiger partial charge in [0.1, 0.15) is 0 Å². The third-order valence-corrected chi connectivity index (χ3v) is 3.63. The van der Waals surface area contributed by atoms with Crippen LogP contribution in [0.25, 0.3) is 0 Å². The maximum Gasteiger partial charge on any atom is 0.168 e. The van der Waals surface area contributed by atoms with Gasteiger partial charge in [0.25, 0.3) is 0 Å². The molecule has 0 aliphatic rings. The van der Waals surface area contributed by atoms with Crippen LogP contribution < -0.4 is 0 Å². The predicted molar refractivity (Wildman–Crippen MR) is 68.9 cm³/mol. The summed E-state index contributed by atoms with van der Waals surface area (Å²) in [7, 11) is 0. The molecule has 0 unspecified atom stereocenters. The number of hydrogen-bond donors (Lipinski definition) is 0. The Balaban J connectivity index is 1.99. The van der Waals surface area contributed by atoms with Crippen LogP contribution in [0.1, 0.15) is 12.5 Å². The Hall–Kier alpha value is -0.930. The molecule has 1 heterocycles. The first-order valence-electron chi connectivity index (χ1n) is 5.18. The number of aromatic nitrogens is 2. The van der Waals surface area contributed by atoms with E-state index < -0.39 is 0 Å². The van der Waals surface area contributed by atoms with Gasteiger partial charge in [-0.2, -0.15) is 0 Å². The highest BCUT2D eigenvalue weighted by atomic mass is 35.5. The summed E-state index contributed by atoms with van der Waals surface area (Å²) in [5, 5.41) is 1.85. The fraction of sp³-hybridized carbons (Fsp3) is 0.250. The largest absolute Gasteiger partial charge is 0.326 e. The average molecular weight is 253 g/mol. The quantitative estimate of drug-likeness (QED) is 0.770. The van der Waals surface area contributed by atoms with Crippen LogP contribution in [0.5, 0.6) is 0 Å². The second-order valence-electron chi connectivity index (χ2n) is 3.41. The van der Waals surface area contributed by atoms with Gasteiger partial charge in [0.05, 0.1) is 0 Å². The minimum absolute atomic E-state index is 0.781. The smallest absolute Gasteiger partial charge is 0.168 e. The first-order valence-corrected chi connectivity index (χ1v) is 6.54. The van der Waals surface area contributed by atoms with E-state index in [1.165, 1.54) is 5.56 Å². The van der Waals surface area contributed by atoms with E-state index in [-0.39, 0.29) is 0 Å². The van der Waals surface area contributed by atoms with Crippen LogP contribution in [0, 0.1) is 0 Å². The molecular formula is C12H13ClN2S. The van der Waals surface area contributed by atoms with Crippen LogP contribution in [0.15, 0.2) is 41.8 Å². The summed E-state index contributed by atoms with van der Waals surface area (Å²) in [5.74, 6) is 0.925. The number of halogens is 1. The molecule has 0 saturated heterocycles. The van der Waals surface area contributed by atoms with Crippen LogP contribution in [0.4, 0.5) is 0 Å². The molecule has 0 amide bonds. The molecule has 0 aliphatic carbocycles. The van der Waals surface area contributed by atoms with Gasteiger partial charge in [-0.05, 0) is 24.6 Å². The van der Waals surface area contributed by atoms with Crippen molar-refractivity contribution >= 4 is 23.4 Å². The number of aryl methyl sites for hydroxylation is 1. The lowest BCUT2D eigenvalue weighted by atomic mass is 10.2. The van der Waals surface area contributed by atoms with Gasteiger partial charge < -0.3 is 4.57 Å². The summed E-state index contributed by atoms with van der Waals surface area (Å²) in [6.45, 7) is 3.08. The van der Waals surface area contributed by atoms with Crippen molar-refractivity contribution in [3.05, 3.63) is 47.2 Å². The minimum Gasteiger partial charge on any atom is -0.326 e. The summed E-state index contributed by atoms with van der Waals surface area (Å²) in [5.41, 5.74) is 1.26. The second-order valence-corrected chi connectivity index (χ2v) is 4.79. The first-order chi connectivity index (χ1) is 7.79. The zero-order valence-electron chi connectivity index (χ0n) is 9.06. The number of hydrogen-bond acceptors (Lipinski definition) is 2. The van der Waals surface area contributed by atoms with Crippen LogP contribution >= 0.6 is 23.4 Å². The lowest BCUT2D eigenvalue weighted by Crippen LogP contribution is -1.94. The second kappa shape index (κ2) is 5.41. The fourth-order valence-corrected chi connectivity index (χ4v) is 2.51. The molecule has 0 spiro atoms. The van der Waals surface area contributed by atoms with Crippen molar-refractivity contribution in [3.63, 3.8) is 0 Å². The van der Waals surface area contributed by atoms with E-state index in [1.54, 1.807) is 11.8 Å². The third-order valence-electron chi connectivity index (χ3n) is 2.30. The van der Waals surface area contributed by atoms with Gasteiger partial charge in [-0.25, -0.2) is 4.98 Å². The normalized spacial score (nSPS) is 10.6. The molecule has 0 N–H and O–H groups in total. The highest BCUT2D eigenvalue weighted by molar-refractivity contribution is 7.98. The van der Waals surface area contributed by atoms with E-state index >= 15 is 0 Å². The topological polar surface area (TPSA) is 17.8 Å². The zero-order valence-corrected chi connectivity index (χ0v) is 10.6. The predicted octanol–water partition coefficient (Wildman–Crippen LogP) is 3.85. The Labute approximate surface area is 105 Å². The van der Waals surface area contributed by atoms with Crippen molar-refractivity contribution < 1.29 is 0 Å². The van der Waals surface area contributed by atoms with Gasteiger partial charge >= 0.3 is 0 Å². The summed E-state index contributed by atoms with van der Waals surface area (Å²) >= 11 is 7.58. The van der Waals surface area contributed by atoms with Crippen molar-refractivity contribution in [3.8, 4) is 0 Å². The van der Waals surface area contributed by atoms with E-state index in [4.69, 9.17) is 11.6 Å². The molecule has 0 aliphatic heterocycles. The van der Waals surface area contributed by atoms with E-state index in [2.05, 4.69) is 28.6 Å². The molecule has 16 heavy (non-hydrogen) atoms. The lowest BCUT2D eigenvalue weighted by molar-refractivity contribution is 0.681. The van der Waals surface area contributed by atoms with E-state index in [9.17, 15) is 0 Å². The van der Waals surface area contributed by atoms with Crippen LogP contribution in [-0.2, 0) is 12.3 Å². The summed E-state index contributed by atoms with van der Waals surface area (Å²) in [4.78, 5) is 4.32. The fourth-order valence-electron chi connectivity index (χ4n) is 1.40. The van der Waals surface area contributed by atoms with E-state index in [0.717, 1.165) is 22.5 Å². The molecule has 0 saturated carbocycles. The molecule has 84 valence electrons. The first kappa shape index (κ1) is 11.6. The number of rotatable bonds is 4. The maximum atomic E-state index is 5.84. The Kier molecular flexibility index (Phi) is 3.91. The molecule has 2 rings (SSSR count). The Morgan fingerprint density at radius 3 is 2.75 bits per heavy atom. The SMILES string of the molecule is CCn1ccnc1SCc1ccc(Cl)cc1.